The number of hydrogen-bond donors (Lipinski definition) is 8. The van der Waals surface area contributed by atoms with E-state index in [9.17, 15) is 69.2 Å². The van der Waals surface area contributed by atoms with Crippen LogP contribution in [-0.4, -0.2) is 222 Å². The summed E-state index contributed by atoms with van der Waals surface area (Å²) in [6.45, 7) is 14.8. The number of aliphatic hydroxyl groups excluding tert-OH is 4. The number of nitrogens with one attached hydrogen (secondary N) is 3. The third-order valence-electron chi connectivity index (χ3n) is 16.7. The van der Waals surface area contributed by atoms with Gasteiger partial charge < -0.3 is 75.0 Å². The number of likely N-dealkylation sites (N-methyl/N-ethyl adjacent to an activating group) is 2. The van der Waals surface area contributed by atoms with Crippen molar-refractivity contribution in [3.8, 4) is 5.75 Å². The quantitative estimate of drug-likeness (QED) is 0.0253. The van der Waals surface area contributed by atoms with Crippen molar-refractivity contribution in [2.24, 2.45) is 23.7 Å². The van der Waals surface area contributed by atoms with Crippen molar-refractivity contribution < 1.29 is 87.7 Å². The van der Waals surface area contributed by atoms with E-state index in [1.807, 2.05) is 19.9 Å². The maximum atomic E-state index is 15.0. The Morgan fingerprint density at radius 2 is 1.57 bits per heavy atom. The molecule has 1 aromatic heterocycles. The third-order valence-corrected chi connectivity index (χ3v) is 17.2. The number of likely N-dealkylation sites (tertiary alicyclic amines) is 1. The zero-order valence-electron chi connectivity index (χ0n) is 52.9. The number of nitro benzene ring substituents is 1. The van der Waals surface area contributed by atoms with Crippen LogP contribution in [0.1, 0.15) is 110 Å². The van der Waals surface area contributed by atoms with Crippen LogP contribution in [0.3, 0.4) is 0 Å². The first-order valence-electron chi connectivity index (χ1n) is 30.0. The van der Waals surface area contributed by atoms with Crippen LogP contribution in [0.2, 0.25) is 0 Å². The Morgan fingerprint density at radius 1 is 0.889 bits per heavy atom. The minimum Gasteiger partial charge on any atom is -0.479 e. The van der Waals surface area contributed by atoms with Crippen LogP contribution < -0.4 is 20.7 Å². The van der Waals surface area contributed by atoms with Crippen molar-refractivity contribution in [2.75, 3.05) is 46.7 Å². The molecule has 16 atom stereocenters. The number of carboxylic acids is 1. The number of carbonyl (C=O) groups excluding carboxylic acids is 6. The SMILES string of the molecule is CC[C@H](C)[C@@H]([C@@H](CC(=O)N1CCC[C@H]1[C@H](OC)[C@@H](C)C(=O)N[C@H](C)[C@@H](O)c1ccccc1)OC)N(C)C(=O)[C@@H](NC(=O)[C@H](C(C)C)N(C)C(=O)OC(Cc1cn(CCNC(=O)CBr)nn1)c1ccc(O[C@@H]2O[C@H](C(=O)O)[C@@H](O)[C@H](O)[C@H]2O)c([N+](=O)[O-])c1)C(C)C. The van der Waals surface area contributed by atoms with E-state index in [2.05, 4.69) is 42.2 Å². The first-order valence-corrected chi connectivity index (χ1v) is 31.1. The number of benzene rings is 2. The molecule has 3 aromatic rings. The summed E-state index contributed by atoms with van der Waals surface area (Å²) in [6.07, 6.45) is -12.5. The molecule has 0 aliphatic carbocycles. The lowest BCUT2D eigenvalue weighted by molar-refractivity contribution is -0.387. The van der Waals surface area contributed by atoms with Gasteiger partial charge in [0.15, 0.2) is 11.9 Å². The second-order valence-corrected chi connectivity index (χ2v) is 24.2. The van der Waals surface area contributed by atoms with Crippen LogP contribution in [0.15, 0.2) is 54.7 Å². The molecule has 0 radical (unpaired) electrons. The standard InChI is InChI=1S/C60H89BrN10O19/c1-13-33(6)48(43(86-11)28-45(73)70-24-17-20-39(70)53(87-12)34(7)55(78)63-35(8)49(74)36-18-15-14-16-19-36)67(9)57(80)46(31(2)3)64-56(79)47(32(4)5)68(10)60(83)89-42(27-38-30-69(66-65-38)25-23-62-44(72)29-61)37-21-22-41(40(26-37)71(84)85)88-59-52(77)50(75)51(76)54(90-59)58(81)82/h14-16,18-19,21-22,26,30-35,39,42-43,46-54,59,74-77H,13,17,20,23-25,27-29H2,1-12H3,(H,62,72)(H,63,78)(H,64,79)(H,81,82)/t33-,34+,35+,39-,42?,43+,46-,47-,48-,49+,50-,51-,52+,53+,54-,59+/m0/s1. The fourth-order valence-electron chi connectivity index (χ4n) is 11.5. The Balaban J connectivity index is 1.36. The van der Waals surface area contributed by atoms with Crippen molar-refractivity contribution in [2.45, 2.75) is 179 Å². The zero-order valence-corrected chi connectivity index (χ0v) is 54.5. The van der Waals surface area contributed by atoms with Gasteiger partial charge in [-0.2, -0.15) is 0 Å². The van der Waals surface area contributed by atoms with E-state index in [-0.39, 0.29) is 66.2 Å². The summed E-state index contributed by atoms with van der Waals surface area (Å²) in [6, 6.07) is 7.97. The Kier molecular flexibility index (Phi) is 27.8. The first kappa shape index (κ1) is 73.8. The number of amides is 6. The number of hydrogen-bond acceptors (Lipinski definition) is 20. The van der Waals surface area contributed by atoms with E-state index >= 15 is 0 Å². The second kappa shape index (κ2) is 33.9. The van der Waals surface area contributed by atoms with Gasteiger partial charge in [-0.25, -0.2) is 9.59 Å². The minimum atomic E-state index is -2.09. The highest BCUT2D eigenvalue weighted by Crippen LogP contribution is 2.36. The molecule has 8 N–H and O–H groups in total. The molecule has 2 aromatic carbocycles. The molecule has 90 heavy (non-hydrogen) atoms. The predicted molar refractivity (Wildman–Crippen MR) is 326 cm³/mol. The molecule has 0 saturated carbocycles. The highest BCUT2D eigenvalue weighted by Gasteiger charge is 2.49. The molecule has 6 amide bonds. The van der Waals surface area contributed by atoms with E-state index in [1.54, 1.807) is 77.8 Å². The number of alkyl halides is 1. The smallest absolute Gasteiger partial charge is 0.410 e. The lowest BCUT2D eigenvalue weighted by atomic mass is 9.89. The zero-order chi connectivity index (χ0) is 67.0. The fraction of sp³-hybridized carbons (Fsp3) is 0.650. The number of halogens is 1. The van der Waals surface area contributed by atoms with Gasteiger partial charge in [0.2, 0.25) is 35.8 Å². The molecule has 1 unspecified atom stereocenters. The number of aromatic nitrogens is 3. The molecule has 29 nitrogen and oxygen atoms in total. The lowest BCUT2D eigenvalue weighted by Crippen LogP contribution is -2.61. The van der Waals surface area contributed by atoms with Gasteiger partial charge in [-0.3, -0.25) is 43.7 Å². The molecule has 30 heteroatoms. The van der Waals surface area contributed by atoms with Crippen LogP contribution in [0.4, 0.5) is 10.5 Å². The molecular formula is C60H89BrN10O19. The number of carboxylic acid groups (broad SMARTS) is 1. The number of ether oxygens (including phenoxy) is 5. The average molecular weight is 1330 g/mol. The largest absolute Gasteiger partial charge is 0.479 e. The average Bonchev–Trinajstić information content (AvgIpc) is 1.22. The van der Waals surface area contributed by atoms with Gasteiger partial charge in [0.25, 0.3) is 0 Å². The summed E-state index contributed by atoms with van der Waals surface area (Å²) in [7, 11) is 5.83. The van der Waals surface area contributed by atoms with Gasteiger partial charge >= 0.3 is 17.7 Å². The van der Waals surface area contributed by atoms with Crippen LogP contribution in [0.5, 0.6) is 5.75 Å². The summed E-state index contributed by atoms with van der Waals surface area (Å²) in [4.78, 5) is 112. The molecule has 5 rings (SSSR count). The molecule has 2 aliphatic rings. The lowest BCUT2D eigenvalue weighted by Gasteiger charge is -2.41. The Hall–Kier alpha value is -6.93. The van der Waals surface area contributed by atoms with Crippen LogP contribution >= 0.6 is 15.9 Å². The molecule has 0 bridgehead atoms. The van der Waals surface area contributed by atoms with Gasteiger partial charge in [-0.1, -0.05) is 112 Å². The highest BCUT2D eigenvalue weighted by molar-refractivity contribution is 9.09. The van der Waals surface area contributed by atoms with Gasteiger partial charge in [0, 0.05) is 60.1 Å². The van der Waals surface area contributed by atoms with Crippen LogP contribution in [-0.2, 0) is 60.7 Å². The molecule has 2 fully saturated rings. The van der Waals surface area contributed by atoms with E-state index in [1.165, 1.54) is 43.1 Å². The third kappa shape index (κ3) is 18.6. The monoisotopic (exact) mass is 1330 g/mol. The van der Waals surface area contributed by atoms with Crippen LogP contribution in [0.25, 0.3) is 0 Å². The summed E-state index contributed by atoms with van der Waals surface area (Å²) in [5.74, 6) is -6.57. The van der Waals surface area contributed by atoms with Gasteiger partial charge in [-0.05, 0) is 54.7 Å². The Bertz CT molecular complexity index is 2910. The van der Waals surface area contributed by atoms with Gasteiger partial charge in [-0.15, -0.1) is 5.10 Å². The highest BCUT2D eigenvalue weighted by atomic mass is 79.9. The van der Waals surface area contributed by atoms with E-state index < -0.39 is 143 Å². The number of nitro groups is 1. The summed E-state index contributed by atoms with van der Waals surface area (Å²) in [5, 5.41) is 81.2. The summed E-state index contributed by atoms with van der Waals surface area (Å²) < 4.78 is 30.3. The summed E-state index contributed by atoms with van der Waals surface area (Å²) in [5.41, 5.74) is 0.0477. The van der Waals surface area contributed by atoms with Gasteiger partial charge in [0.05, 0.1) is 71.3 Å². The fourth-order valence-corrected chi connectivity index (χ4v) is 11.7. The molecular weight excluding hydrogens is 1240 g/mol. The van der Waals surface area contributed by atoms with E-state index in [4.69, 9.17) is 23.7 Å². The summed E-state index contributed by atoms with van der Waals surface area (Å²) >= 11 is 3.08. The molecule has 2 aliphatic heterocycles. The number of methoxy groups -OCH3 is 2. The number of aliphatic hydroxyl groups is 4. The normalized spacial score (nSPS) is 21.7. The molecule has 0 spiro atoms. The van der Waals surface area contributed by atoms with Crippen molar-refractivity contribution in [3.63, 3.8) is 0 Å². The number of nitrogens with zero attached hydrogens (tertiary/aromatic N) is 7. The Morgan fingerprint density at radius 3 is 2.16 bits per heavy atom. The van der Waals surface area contributed by atoms with Crippen molar-refractivity contribution >= 4 is 63.2 Å². The van der Waals surface area contributed by atoms with E-state index in [0.29, 0.717) is 31.4 Å². The number of aliphatic carboxylic acids is 1. The molecule has 2 saturated heterocycles. The first-order chi connectivity index (χ1) is 42.5. The Labute approximate surface area is 531 Å². The van der Waals surface area contributed by atoms with Gasteiger partial charge in [0.1, 0.15) is 36.5 Å². The topological polar surface area (TPSA) is 386 Å². The van der Waals surface area contributed by atoms with E-state index in [0.717, 1.165) is 17.0 Å². The maximum Gasteiger partial charge on any atom is 0.410 e. The van der Waals surface area contributed by atoms with Crippen molar-refractivity contribution in [1.29, 1.82) is 0 Å². The predicted octanol–water partition coefficient (Wildman–Crippen LogP) is 2.64. The second-order valence-electron chi connectivity index (χ2n) is 23.6. The van der Waals surface area contributed by atoms with Crippen molar-refractivity contribution in [3.05, 3.63) is 81.7 Å². The molecule has 500 valence electrons. The van der Waals surface area contributed by atoms with Crippen LogP contribution in [0, 0.1) is 33.8 Å². The minimum absolute atomic E-state index is 0.0226. The number of carbonyl (C=O) groups is 7. The number of rotatable bonds is 32. The van der Waals surface area contributed by atoms with Crippen molar-refractivity contribution in [1.82, 2.24) is 45.6 Å². The maximum absolute atomic E-state index is 15.0. The molecule has 3 heterocycles.